The van der Waals surface area contributed by atoms with Crippen LogP contribution >= 0.6 is 0 Å². The highest BCUT2D eigenvalue weighted by atomic mass is 16.5. The molecule has 160 valence electrons. The molecule has 0 spiro atoms. The Morgan fingerprint density at radius 3 is 2.73 bits per heavy atom. The second-order valence-corrected chi connectivity index (χ2v) is 7.96. The molecule has 0 amide bonds. The Balaban J connectivity index is 1.89. The number of para-hydroxylation sites is 1. The number of hydrazone groups is 1. The molecule has 0 aliphatic rings. The summed E-state index contributed by atoms with van der Waals surface area (Å²) >= 11 is 0. The molecule has 0 aliphatic heterocycles. The number of aromatic nitrogens is 3. The first kappa shape index (κ1) is 21.8. The predicted molar refractivity (Wildman–Crippen MR) is 122 cm³/mol. The van der Waals surface area contributed by atoms with E-state index in [1.54, 1.807) is 24.0 Å². The molecule has 0 aliphatic carbocycles. The van der Waals surface area contributed by atoms with Crippen LogP contribution in [0.15, 0.2) is 40.2 Å². The molecule has 3 aromatic rings. The van der Waals surface area contributed by atoms with Gasteiger partial charge >= 0.3 is 0 Å². The lowest BCUT2D eigenvalue weighted by Gasteiger charge is -2.12. The van der Waals surface area contributed by atoms with Crippen LogP contribution in [0.5, 0.6) is 0 Å². The number of aryl methyl sites for hydroxylation is 1. The Hall–Kier alpha value is -2.93. The zero-order chi connectivity index (χ0) is 21.7. The second-order valence-electron chi connectivity index (χ2n) is 7.96. The number of anilines is 1. The van der Waals surface area contributed by atoms with Gasteiger partial charge in [0.15, 0.2) is 0 Å². The summed E-state index contributed by atoms with van der Waals surface area (Å²) in [6.45, 7) is 10.7. The van der Waals surface area contributed by atoms with Gasteiger partial charge in [0, 0.05) is 43.8 Å². The van der Waals surface area contributed by atoms with Crippen LogP contribution in [0.25, 0.3) is 10.9 Å². The molecule has 2 heterocycles. The standard InChI is InChI=1S/C23H31N5O2/c1-16(2)15-28-17(3)13-19(18(28)4)14-24-26-23-25-21-10-7-6-9-20(21)22(29)27(23)11-8-12-30-5/h6-7,9-10,13-14,16H,8,11-12,15H2,1-5H3,(H,25,26)/b24-14-. The van der Waals surface area contributed by atoms with E-state index in [9.17, 15) is 4.79 Å². The Labute approximate surface area is 177 Å². The van der Waals surface area contributed by atoms with Crippen molar-refractivity contribution in [3.63, 3.8) is 0 Å². The number of ether oxygens (including phenoxy) is 1. The molecule has 0 saturated heterocycles. The molecule has 0 radical (unpaired) electrons. The van der Waals surface area contributed by atoms with Crippen molar-refractivity contribution in [3.05, 3.63) is 57.6 Å². The third kappa shape index (κ3) is 4.79. The third-order valence-corrected chi connectivity index (χ3v) is 5.12. The molecule has 0 atom stereocenters. The van der Waals surface area contributed by atoms with Crippen molar-refractivity contribution < 1.29 is 4.74 Å². The molecule has 0 fully saturated rings. The van der Waals surface area contributed by atoms with E-state index in [-0.39, 0.29) is 5.56 Å². The third-order valence-electron chi connectivity index (χ3n) is 5.12. The lowest BCUT2D eigenvalue weighted by Crippen LogP contribution is -2.24. The van der Waals surface area contributed by atoms with E-state index >= 15 is 0 Å². The first-order valence-corrected chi connectivity index (χ1v) is 10.4. The van der Waals surface area contributed by atoms with Crippen molar-refractivity contribution in [2.75, 3.05) is 19.1 Å². The molecule has 3 rings (SSSR count). The summed E-state index contributed by atoms with van der Waals surface area (Å²) in [7, 11) is 1.65. The van der Waals surface area contributed by atoms with E-state index < -0.39 is 0 Å². The maximum absolute atomic E-state index is 13.0. The van der Waals surface area contributed by atoms with Crippen molar-refractivity contribution in [1.29, 1.82) is 0 Å². The summed E-state index contributed by atoms with van der Waals surface area (Å²) in [5, 5.41) is 5.00. The lowest BCUT2D eigenvalue weighted by atomic mass is 10.2. The highest BCUT2D eigenvalue weighted by Gasteiger charge is 2.11. The summed E-state index contributed by atoms with van der Waals surface area (Å²) in [6.07, 6.45) is 2.51. The summed E-state index contributed by atoms with van der Waals surface area (Å²) in [5.41, 5.74) is 7.00. The average molecular weight is 410 g/mol. The fourth-order valence-corrected chi connectivity index (χ4v) is 3.59. The van der Waals surface area contributed by atoms with Crippen LogP contribution in [0.1, 0.15) is 37.2 Å². The minimum absolute atomic E-state index is 0.0792. The van der Waals surface area contributed by atoms with Crippen LogP contribution in [-0.2, 0) is 17.8 Å². The number of nitrogens with zero attached hydrogens (tertiary/aromatic N) is 4. The van der Waals surface area contributed by atoms with E-state index in [1.807, 2.05) is 18.2 Å². The van der Waals surface area contributed by atoms with Gasteiger partial charge in [0.2, 0.25) is 5.95 Å². The zero-order valence-electron chi connectivity index (χ0n) is 18.5. The van der Waals surface area contributed by atoms with Crippen molar-refractivity contribution in [2.45, 2.75) is 47.2 Å². The fraction of sp³-hybridized carbons (Fsp3) is 0.435. The average Bonchev–Trinajstić information content (AvgIpc) is 2.97. The van der Waals surface area contributed by atoms with Gasteiger partial charge in [0.1, 0.15) is 0 Å². The molecular formula is C23H31N5O2. The topological polar surface area (TPSA) is 73.4 Å². The molecular weight excluding hydrogens is 378 g/mol. The first-order valence-electron chi connectivity index (χ1n) is 10.4. The van der Waals surface area contributed by atoms with Gasteiger partial charge in [0.05, 0.1) is 17.1 Å². The number of hydrogen-bond acceptors (Lipinski definition) is 5. The Morgan fingerprint density at radius 2 is 2.00 bits per heavy atom. The summed E-state index contributed by atoms with van der Waals surface area (Å²) in [6, 6.07) is 9.49. The van der Waals surface area contributed by atoms with Gasteiger partial charge < -0.3 is 9.30 Å². The molecule has 2 aromatic heterocycles. The predicted octanol–water partition coefficient (Wildman–Crippen LogP) is 3.95. The van der Waals surface area contributed by atoms with Gasteiger partial charge in [-0.2, -0.15) is 5.10 Å². The Bertz CT molecular complexity index is 1090. The number of fused-ring (bicyclic) bond motifs is 1. The SMILES string of the molecule is COCCCn1c(N/N=C\c2cc(C)n(CC(C)C)c2C)nc2ccccc2c1=O. The van der Waals surface area contributed by atoms with Crippen molar-refractivity contribution >= 4 is 23.1 Å². The Kier molecular flexibility index (Phi) is 7.05. The van der Waals surface area contributed by atoms with Crippen LogP contribution in [0, 0.1) is 19.8 Å². The Morgan fingerprint density at radius 1 is 1.23 bits per heavy atom. The molecule has 30 heavy (non-hydrogen) atoms. The molecule has 1 aromatic carbocycles. The molecule has 7 heteroatoms. The number of methoxy groups -OCH3 is 1. The molecule has 0 bridgehead atoms. The van der Waals surface area contributed by atoms with Crippen LogP contribution in [0.4, 0.5) is 5.95 Å². The normalized spacial score (nSPS) is 11.8. The van der Waals surface area contributed by atoms with Crippen LogP contribution in [0.2, 0.25) is 0 Å². The van der Waals surface area contributed by atoms with Crippen LogP contribution < -0.4 is 11.0 Å². The minimum atomic E-state index is -0.0792. The van der Waals surface area contributed by atoms with Crippen LogP contribution in [0.3, 0.4) is 0 Å². The number of rotatable bonds is 9. The largest absolute Gasteiger partial charge is 0.385 e. The number of benzene rings is 1. The van der Waals surface area contributed by atoms with Gasteiger partial charge in [-0.15, -0.1) is 0 Å². The smallest absolute Gasteiger partial charge is 0.262 e. The zero-order valence-corrected chi connectivity index (χ0v) is 18.5. The van der Waals surface area contributed by atoms with Crippen molar-refractivity contribution in [2.24, 2.45) is 11.0 Å². The first-order chi connectivity index (χ1) is 14.4. The van der Waals surface area contributed by atoms with Gasteiger partial charge in [-0.3, -0.25) is 9.36 Å². The maximum Gasteiger partial charge on any atom is 0.262 e. The molecule has 7 nitrogen and oxygen atoms in total. The maximum atomic E-state index is 13.0. The fourth-order valence-electron chi connectivity index (χ4n) is 3.59. The van der Waals surface area contributed by atoms with E-state index in [0.29, 0.717) is 42.3 Å². The number of hydrogen-bond donors (Lipinski definition) is 1. The monoisotopic (exact) mass is 409 g/mol. The van der Waals surface area contributed by atoms with Crippen molar-refractivity contribution in [3.8, 4) is 0 Å². The minimum Gasteiger partial charge on any atom is -0.385 e. The molecule has 1 N–H and O–H groups in total. The molecule has 0 unspecified atom stereocenters. The highest BCUT2D eigenvalue weighted by molar-refractivity contribution is 5.82. The van der Waals surface area contributed by atoms with E-state index in [2.05, 4.69) is 53.8 Å². The molecule has 0 saturated carbocycles. The van der Waals surface area contributed by atoms with Gasteiger partial charge in [-0.05, 0) is 44.4 Å². The lowest BCUT2D eigenvalue weighted by molar-refractivity contribution is 0.190. The number of nitrogens with one attached hydrogen (secondary N) is 1. The van der Waals surface area contributed by atoms with E-state index in [4.69, 9.17) is 4.74 Å². The van der Waals surface area contributed by atoms with Gasteiger partial charge in [-0.1, -0.05) is 26.0 Å². The summed E-state index contributed by atoms with van der Waals surface area (Å²) in [4.78, 5) is 17.6. The summed E-state index contributed by atoms with van der Waals surface area (Å²) < 4.78 is 9.07. The highest BCUT2D eigenvalue weighted by Crippen LogP contribution is 2.16. The van der Waals surface area contributed by atoms with E-state index in [0.717, 1.165) is 12.1 Å². The van der Waals surface area contributed by atoms with Crippen molar-refractivity contribution in [1.82, 2.24) is 14.1 Å². The summed E-state index contributed by atoms with van der Waals surface area (Å²) in [5.74, 6) is 1.00. The second kappa shape index (κ2) is 9.71. The van der Waals surface area contributed by atoms with Gasteiger partial charge in [-0.25, -0.2) is 10.4 Å². The van der Waals surface area contributed by atoms with Crippen LogP contribution in [-0.4, -0.2) is 34.0 Å². The van der Waals surface area contributed by atoms with E-state index in [1.165, 1.54) is 11.4 Å². The quantitative estimate of drug-likeness (QED) is 0.330. The van der Waals surface area contributed by atoms with Gasteiger partial charge in [0.25, 0.3) is 5.56 Å².